The molecule has 0 aliphatic rings. The number of nitrogens with two attached hydrogens (primary N) is 1. The van der Waals surface area contributed by atoms with E-state index in [2.05, 4.69) is 5.32 Å². The summed E-state index contributed by atoms with van der Waals surface area (Å²) in [5.41, 5.74) is 7.12. The molecule has 0 saturated carbocycles. The third-order valence-electron chi connectivity index (χ3n) is 2.71. The number of hydrogen-bond acceptors (Lipinski definition) is 4. The highest BCUT2D eigenvalue weighted by atomic mass is 32.2. The molecule has 0 radical (unpaired) electrons. The first-order valence-electron chi connectivity index (χ1n) is 6.30. The quantitative estimate of drug-likeness (QED) is 0.752. The Hall–Kier alpha value is -1.69. The monoisotopic (exact) mass is 296 g/mol. The van der Waals surface area contributed by atoms with Crippen LogP contribution in [-0.4, -0.2) is 30.1 Å². The van der Waals surface area contributed by atoms with Crippen molar-refractivity contribution in [3.63, 3.8) is 0 Å². The van der Waals surface area contributed by atoms with E-state index in [0.717, 1.165) is 16.9 Å². The second-order valence-electron chi connectivity index (χ2n) is 4.44. The van der Waals surface area contributed by atoms with Gasteiger partial charge in [0.2, 0.25) is 0 Å². The van der Waals surface area contributed by atoms with Gasteiger partial charge in [-0.15, -0.1) is 0 Å². The van der Waals surface area contributed by atoms with Crippen LogP contribution in [0.25, 0.3) is 0 Å². The van der Waals surface area contributed by atoms with Crippen LogP contribution in [-0.2, 0) is 16.1 Å². The Morgan fingerprint density at radius 1 is 1.35 bits per heavy atom. The van der Waals surface area contributed by atoms with Crippen molar-refractivity contribution in [1.29, 1.82) is 0 Å². The Morgan fingerprint density at radius 3 is 2.55 bits per heavy atom. The lowest BCUT2D eigenvalue weighted by atomic mass is 10.2. The summed E-state index contributed by atoms with van der Waals surface area (Å²) in [5, 5.41) is 2.41. The number of thioether (sulfide) groups is 1. The molecule has 0 aliphatic carbocycles. The maximum atomic E-state index is 11.9. The summed E-state index contributed by atoms with van der Waals surface area (Å²) >= 11 is 1.59. The number of ether oxygens (including phenoxy) is 1. The number of carbonyl (C=O) groups excluding carboxylic acids is 2. The number of carbonyl (C=O) groups is 2. The first-order chi connectivity index (χ1) is 9.52. The van der Waals surface area contributed by atoms with Crippen molar-refractivity contribution in [2.75, 3.05) is 12.0 Å². The molecule has 110 valence electrons. The molecule has 1 aromatic rings. The first-order valence-corrected chi connectivity index (χ1v) is 7.69. The third-order valence-corrected chi connectivity index (χ3v) is 3.36. The number of aryl methyl sites for hydroxylation is 1. The number of urea groups is 1. The lowest BCUT2D eigenvalue weighted by Crippen LogP contribution is -2.44. The highest BCUT2D eigenvalue weighted by molar-refractivity contribution is 7.98. The number of amides is 2. The fourth-order valence-electron chi connectivity index (χ4n) is 1.60. The van der Waals surface area contributed by atoms with Crippen LogP contribution in [0.3, 0.4) is 0 Å². The van der Waals surface area contributed by atoms with Crippen LogP contribution in [0.15, 0.2) is 24.3 Å². The van der Waals surface area contributed by atoms with Gasteiger partial charge in [-0.3, -0.25) is 0 Å². The van der Waals surface area contributed by atoms with Crippen molar-refractivity contribution in [1.82, 2.24) is 5.32 Å². The maximum Gasteiger partial charge on any atom is 0.329 e. The van der Waals surface area contributed by atoms with Crippen molar-refractivity contribution in [3.8, 4) is 0 Å². The van der Waals surface area contributed by atoms with Gasteiger partial charge in [-0.25, -0.2) is 9.59 Å². The van der Waals surface area contributed by atoms with Crippen molar-refractivity contribution in [2.24, 2.45) is 5.73 Å². The van der Waals surface area contributed by atoms with Crippen LogP contribution >= 0.6 is 11.8 Å². The SMILES string of the molecule is CSCCC(NC(N)=O)C(=O)OCc1ccc(C)cc1. The van der Waals surface area contributed by atoms with Crippen LogP contribution < -0.4 is 11.1 Å². The van der Waals surface area contributed by atoms with Gasteiger partial charge in [-0.1, -0.05) is 29.8 Å². The average molecular weight is 296 g/mol. The molecule has 0 saturated heterocycles. The minimum absolute atomic E-state index is 0.190. The van der Waals surface area contributed by atoms with Gasteiger partial charge in [-0.2, -0.15) is 11.8 Å². The summed E-state index contributed by atoms with van der Waals surface area (Å²) in [7, 11) is 0. The molecular weight excluding hydrogens is 276 g/mol. The first kappa shape index (κ1) is 16.4. The van der Waals surface area contributed by atoms with Gasteiger partial charge in [0.25, 0.3) is 0 Å². The molecule has 1 unspecified atom stereocenters. The van der Waals surface area contributed by atoms with Crippen LogP contribution in [0.1, 0.15) is 17.5 Å². The van der Waals surface area contributed by atoms with Gasteiger partial charge in [0, 0.05) is 0 Å². The fourth-order valence-corrected chi connectivity index (χ4v) is 2.07. The second-order valence-corrected chi connectivity index (χ2v) is 5.42. The normalized spacial score (nSPS) is 11.7. The van der Waals surface area contributed by atoms with Gasteiger partial charge in [-0.05, 0) is 30.9 Å². The smallest absolute Gasteiger partial charge is 0.329 e. The van der Waals surface area contributed by atoms with Crippen LogP contribution in [0.4, 0.5) is 4.79 Å². The van der Waals surface area contributed by atoms with Crippen LogP contribution in [0.5, 0.6) is 0 Å². The fraction of sp³-hybridized carbons (Fsp3) is 0.429. The molecule has 1 atom stereocenters. The molecule has 0 aromatic heterocycles. The van der Waals surface area contributed by atoms with E-state index in [1.165, 1.54) is 0 Å². The minimum atomic E-state index is -0.719. The predicted molar refractivity (Wildman–Crippen MR) is 80.5 cm³/mol. The summed E-state index contributed by atoms with van der Waals surface area (Å²) in [6, 6.07) is 6.31. The Labute approximate surface area is 123 Å². The van der Waals surface area contributed by atoms with E-state index < -0.39 is 18.0 Å². The van der Waals surface area contributed by atoms with Crippen LogP contribution in [0.2, 0.25) is 0 Å². The Morgan fingerprint density at radius 2 is 2.00 bits per heavy atom. The highest BCUT2D eigenvalue weighted by Crippen LogP contribution is 2.07. The number of hydrogen-bond donors (Lipinski definition) is 2. The molecule has 1 rings (SSSR count). The standard InChI is InChI=1S/C14H20N2O3S/c1-10-3-5-11(6-4-10)9-19-13(17)12(7-8-20-2)16-14(15)18/h3-6,12H,7-9H2,1-2H3,(H3,15,16,18). The summed E-state index contributed by atoms with van der Waals surface area (Å²) < 4.78 is 5.21. The van der Waals surface area contributed by atoms with Gasteiger partial charge in [0.15, 0.2) is 0 Å². The zero-order chi connectivity index (χ0) is 15.0. The molecule has 0 fully saturated rings. The Kier molecular flexibility index (Phi) is 6.93. The van der Waals surface area contributed by atoms with E-state index in [0.29, 0.717) is 6.42 Å². The summed E-state index contributed by atoms with van der Waals surface area (Å²) in [6.45, 7) is 2.18. The second kappa shape index (κ2) is 8.47. The topological polar surface area (TPSA) is 81.4 Å². The highest BCUT2D eigenvalue weighted by Gasteiger charge is 2.20. The Balaban J connectivity index is 2.51. The molecule has 0 bridgehead atoms. The van der Waals surface area contributed by atoms with Crippen molar-refractivity contribution in [3.05, 3.63) is 35.4 Å². The molecule has 2 amide bonds. The number of benzene rings is 1. The summed E-state index contributed by atoms with van der Waals surface area (Å²) in [6.07, 6.45) is 2.43. The van der Waals surface area contributed by atoms with Crippen molar-refractivity contribution < 1.29 is 14.3 Å². The molecular formula is C14H20N2O3S. The predicted octanol–water partition coefficient (Wildman–Crippen LogP) is 1.83. The van der Waals surface area contributed by atoms with E-state index >= 15 is 0 Å². The van der Waals surface area contributed by atoms with E-state index in [1.54, 1.807) is 11.8 Å². The van der Waals surface area contributed by atoms with Gasteiger partial charge < -0.3 is 15.8 Å². The third kappa shape index (κ3) is 5.97. The van der Waals surface area contributed by atoms with E-state index in [1.807, 2.05) is 37.4 Å². The molecule has 1 aromatic carbocycles. The molecule has 6 heteroatoms. The van der Waals surface area contributed by atoms with Crippen LogP contribution in [0, 0.1) is 6.92 Å². The molecule has 20 heavy (non-hydrogen) atoms. The van der Waals surface area contributed by atoms with E-state index in [-0.39, 0.29) is 6.61 Å². The van der Waals surface area contributed by atoms with Gasteiger partial charge in [0.05, 0.1) is 0 Å². The lowest BCUT2D eigenvalue weighted by Gasteiger charge is -2.16. The molecule has 0 aliphatic heterocycles. The van der Waals surface area contributed by atoms with Gasteiger partial charge >= 0.3 is 12.0 Å². The zero-order valence-electron chi connectivity index (χ0n) is 11.7. The average Bonchev–Trinajstić information content (AvgIpc) is 2.42. The van der Waals surface area contributed by atoms with Crippen molar-refractivity contribution in [2.45, 2.75) is 26.0 Å². The minimum Gasteiger partial charge on any atom is -0.459 e. The lowest BCUT2D eigenvalue weighted by molar-refractivity contribution is -0.147. The maximum absolute atomic E-state index is 11.9. The van der Waals surface area contributed by atoms with E-state index in [4.69, 9.17) is 10.5 Å². The Bertz CT molecular complexity index is 448. The molecule has 5 nitrogen and oxygen atoms in total. The number of esters is 1. The van der Waals surface area contributed by atoms with Gasteiger partial charge in [0.1, 0.15) is 12.6 Å². The largest absolute Gasteiger partial charge is 0.459 e. The number of nitrogens with one attached hydrogen (secondary N) is 1. The zero-order valence-corrected chi connectivity index (χ0v) is 12.5. The molecule has 0 heterocycles. The molecule has 3 N–H and O–H groups in total. The number of rotatable bonds is 7. The van der Waals surface area contributed by atoms with Crippen molar-refractivity contribution >= 4 is 23.8 Å². The molecule has 0 spiro atoms. The van der Waals surface area contributed by atoms with E-state index in [9.17, 15) is 9.59 Å². The number of primary amides is 1. The summed E-state index contributed by atoms with van der Waals surface area (Å²) in [4.78, 5) is 22.8. The summed E-state index contributed by atoms with van der Waals surface area (Å²) in [5.74, 6) is 0.281.